The number of hydrogen-bond acceptors (Lipinski definition) is 7. The third-order valence-corrected chi connectivity index (χ3v) is 11.6. The number of nitrogens with one attached hydrogen (secondary N) is 5. The van der Waals surface area contributed by atoms with Gasteiger partial charge in [0.1, 0.15) is 17.6 Å². The first-order chi connectivity index (χ1) is 28.4. The van der Waals surface area contributed by atoms with Gasteiger partial charge in [-0.2, -0.15) is 0 Å². The molecular formula is C46H59N9O5. The summed E-state index contributed by atoms with van der Waals surface area (Å²) in [7, 11) is 5.36. The van der Waals surface area contributed by atoms with E-state index in [4.69, 9.17) is 5.73 Å². The standard InChI is InChI=1S/C46H59N9O5/c1-44(2,47)41(58)50-37(24-31-27-48-35-20-13-11-18-33(31)35)39(56)52-45(3,4)42(59)51-38(25-32-28-49-36-21-14-12-19-34(32)36)40(57)55-23-15-22-46(29-55,43(60)54(7)53(5)6)26-30-16-9-8-10-17-30/h8-14,16-21,27-28,37-38,48-49H,15,22-26,29,47H2,1-7H3,(H,50,58)(H,51,59)(H,52,56)/t37-,38-,46-/m1/s1. The van der Waals surface area contributed by atoms with Crippen molar-refractivity contribution in [3.8, 4) is 0 Å². The molecule has 3 atom stereocenters. The highest BCUT2D eigenvalue weighted by molar-refractivity contribution is 5.98. The van der Waals surface area contributed by atoms with Crippen molar-refractivity contribution in [2.45, 2.75) is 83.0 Å². The maximum Gasteiger partial charge on any atom is 0.245 e. The van der Waals surface area contributed by atoms with E-state index < -0.39 is 46.3 Å². The summed E-state index contributed by atoms with van der Waals surface area (Å²) in [5.74, 6) is -2.15. The summed E-state index contributed by atoms with van der Waals surface area (Å²) in [6.07, 6.45) is 5.51. The number of amides is 5. The average Bonchev–Trinajstić information content (AvgIpc) is 3.83. The van der Waals surface area contributed by atoms with Crippen molar-refractivity contribution in [1.82, 2.24) is 40.8 Å². The quantitative estimate of drug-likeness (QED) is 0.0867. The van der Waals surface area contributed by atoms with Crippen LogP contribution in [0.4, 0.5) is 0 Å². The zero-order valence-corrected chi connectivity index (χ0v) is 35.7. The number of para-hydroxylation sites is 2. The predicted octanol–water partition coefficient (Wildman–Crippen LogP) is 3.82. The van der Waals surface area contributed by atoms with E-state index in [0.29, 0.717) is 25.8 Å². The molecular weight excluding hydrogens is 759 g/mol. The van der Waals surface area contributed by atoms with Crippen LogP contribution < -0.4 is 21.7 Å². The number of hydrazine groups is 1. The van der Waals surface area contributed by atoms with Gasteiger partial charge in [-0.1, -0.05) is 66.7 Å². The van der Waals surface area contributed by atoms with E-state index in [2.05, 4.69) is 25.9 Å². The molecule has 0 unspecified atom stereocenters. The van der Waals surface area contributed by atoms with Crippen LogP contribution in [-0.2, 0) is 43.2 Å². The molecule has 7 N–H and O–H groups in total. The number of carbonyl (C=O) groups excluding carboxylic acids is 5. The molecule has 2 aromatic heterocycles. The van der Waals surface area contributed by atoms with Gasteiger partial charge < -0.3 is 36.6 Å². The third kappa shape index (κ3) is 9.72. The molecule has 5 aromatic rings. The molecule has 3 heterocycles. The largest absolute Gasteiger partial charge is 0.361 e. The highest BCUT2D eigenvalue weighted by Crippen LogP contribution is 2.36. The van der Waals surface area contributed by atoms with Crippen LogP contribution >= 0.6 is 0 Å². The van der Waals surface area contributed by atoms with Crippen molar-refractivity contribution in [3.63, 3.8) is 0 Å². The maximum absolute atomic E-state index is 14.9. The van der Waals surface area contributed by atoms with Gasteiger partial charge in [0.2, 0.25) is 29.5 Å². The second-order valence-corrected chi connectivity index (χ2v) is 17.5. The molecule has 3 aromatic carbocycles. The number of benzene rings is 3. The molecule has 6 rings (SSSR count). The first-order valence-corrected chi connectivity index (χ1v) is 20.5. The molecule has 60 heavy (non-hydrogen) atoms. The van der Waals surface area contributed by atoms with E-state index >= 15 is 0 Å². The summed E-state index contributed by atoms with van der Waals surface area (Å²) in [5.41, 5.74) is 6.77. The normalized spacial score (nSPS) is 17.0. The predicted molar refractivity (Wildman–Crippen MR) is 233 cm³/mol. The second-order valence-electron chi connectivity index (χ2n) is 17.5. The Morgan fingerprint density at radius 2 is 1.30 bits per heavy atom. The molecule has 1 aliphatic heterocycles. The lowest BCUT2D eigenvalue weighted by Crippen LogP contribution is -2.64. The van der Waals surface area contributed by atoms with Crippen molar-refractivity contribution >= 4 is 51.3 Å². The molecule has 14 heteroatoms. The number of piperidine rings is 1. The summed E-state index contributed by atoms with van der Waals surface area (Å²) in [5, 5.41) is 13.8. The Morgan fingerprint density at radius 3 is 1.87 bits per heavy atom. The summed E-state index contributed by atoms with van der Waals surface area (Å²) in [6.45, 7) is 6.79. The van der Waals surface area contributed by atoms with Crippen LogP contribution in [0.15, 0.2) is 91.3 Å². The van der Waals surface area contributed by atoms with Crippen molar-refractivity contribution < 1.29 is 24.0 Å². The fourth-order valence-corrected chi connectivity index (χ4v) is 8.03. The maximum atomic E-state index is 14.9. The zero-order chi connectivity index (χ0) is 43.4. The smallest absolute Gasteiger partial charge is 0.245 e. The topological polar surface area (TPSA) is 189 Å². The van der Waals surface area contributed by atoms with Crippen LogP contribution in [0.25, 0.3) is 21.8 Å². The summed E-state index contributed by atoms with van der Waals surface area (Å²) in [6, 6.07) is 23.1. The number of aromatic amines is 2. The first-order valence-electron chi connectivity index (χ1n) is 20.5. The van der Waals surface area contributed by atoms with E-state index in [1.807, 2.05) is 99.2 Å². The van der Waals surface area contributed by atoms with Crippen LogP contribution in [0, 0.1) is 5.41 Å². The number of likely N-dealkylation sites (tertiary alicyclic amines) is 1. The highest BCUT2D eigenvalue weighted by Gasteiger charge is 2.47. The van der Waals surface area contributed by atoms with Gasteiger partial charge in [-0.3, -0.25) is 29.0 Å². The molecule has 1 aliphatic rings. The monoisotopic (exact) mass is 817 g/mol. The molecule has 5 amide bonds. The van der Waals surface area contributed by atoms with E-state index in [9.17, 15) is 24.0 Å². The minimum Gasteiger partial charge on any atom is -0.361 e. The summed E-state index contributed by atoms with van der Waals surface area (Å²) < 4.78 is 0. The fourth-order valence-electron chi connectivity index (χ4n) is 8.03. The van der Waals surface area contributed by atoms with Gasteiger partial charge in [-0.15, -0.1) is 0 Å². The Hall–Kier alpha value is -5.99. The summed E-state index contributed by atoms with van der Waals surface area (Å²) >= 11 is 0. The SMILES string of the molecule is CN(C)N(C)C(=O)[C@@]1(Cc2ccccc2)CCCN(C(=O)[C@@H](Cc2c[nH]c3ccccc23)NC(=O)C(C)(C)NC(=O)[C@@H](Cc2c[nH]c3ccccc23)NC(=O)C(C)(C)N)C1. The van der Waals surface area contributed by atoms with Gasteiger partial charge in [0.25, 0.3) is 0 Å². The average molecular weight is 818 g/mol. The van der Waals surface area contributed by atoms with Crippen LogP contribution in [0.1, 0.15) is 57.2 Å². The molecule has 0 radical (unpaired) electrons. The minimum atomic E-state index is -1.54. The lowest BCUT2D eigenvalue weighted by Gasteiger charge is -2.45. The van der Waals surface area contributed by atoms with Gasteiger partial charge in [0.05, 0.1) is 11.0 Å². The number of aromatic nitrogens is 2. The molecule has 1 saturated heterocycles. The molecule has 318 valence electrons. The Balaban J connectivity index is 1.28. The van der Waals surface area contributed by atoms with Crippen LogP contribution in [-0.4, -0.2) is 112 Å². The number of hydrogen-bond donors (Lipinski definition) is 6. The highest BCUT2D eigenvalue weighted by atomic mass is 16.2. The fraction of sp³-hybridized carbons (Fsp3) is 0.413. The number of rotatable bonds is 15. The van der Waals surface area contributed by atoms with Gasteiger partial charge in [-0.05, 0) is 75.8 Å². The van der Waals surface area contributed by atoms with E-state index in [1.54, 1.807) is 55.9 Å². The lowest BCUT2D eigenvalue weighted by atomic mass is 9.74. The van der Waals surface area contributed by atoms with Crippen molar-refractivity contribution in [2.24, 2.45) is 11.1 Å². The molecule has 14 nitrogen and oxygen atoms in total. The van der Waals surface area contributed by atoms with Gasteiger partial charge in [0, 0.05) is 81.3 Å². The zero-order valence-electron chi connectivity index (χ0n) is 35.7. The van der Waals surface area contributed by atoms with E-state index in [-0.39, 0.29) is 31.2 Å². The molecule has 0 aliphatic carbocycles. The van der Waals surface area contributed by atoms with E-state index in [1.165, 1.54) is 0 Å². The number of nitrogens with two attached hydrogens (primary N) is 1. The van der Waals surface area contributed by atoms with Crippen molar-refractivity contribution in [2.75, 3.05) is 34.2 Å². The molecule has 0 saturated carbocycles. The van der Waals surface area contributed by atoms with Gasteiger partial charge in [-0.25, -0.2) is 5.01 Å². The van der Waals surface area contributed by atoms with Gasteiger partial charge in [0.15, 0.2) is 0 Å². The van der Waals surface area contributed by atoms with Gasteiger partial charge >= 0.3 is 0 Å². The van der Waals surface area contributed by atoms with Crippen LogP contribution in [0.2, 0.25) is 0 Å². The molecule has 0 bridgehead atoms. The number of H-pyrrole nitrogens is 2. The Bertz CT molecular complexity index is 2340. The molecule has 1 fully saturated rings. The van der Waals surface area contributed by atoms with Crippen molar-refractivity contribution in [3.05, 3.63) is 108 Å². The Morgan fingerprint density at radius 1 is 0.767 bits per heavy atom. The van der Waals surface area contributed by atoms with Crippen LogP contribution in [0.3, 0.4) is 0 Å². The summed E-state index contributed by atoms with van der Waals surface area (Å²) in [4.78, 5) is 79.3. The van der Waals surface area contributed by atoms with Crippen LogP contribution in [0.5, 0.6) is 0 Å². The Labute approximate surface area is 351 Å². The number of nitrogens with zero attached hydrogens (tertiary/aromatic N) is 3. The number of fused-ring (bicyclic) bond motifs is 2. The lowest BCUT2D eigenvalue weighted by molar-refractivity contribution is -0.159. The van der Waals surface area contributed by atoms with E-state index in [0.717, 1.165) is 38.5 Å². The Kier molecular flexibility index (Phi) is 12.9. The van der Waals surface area contributed by atoms with Crippen molar-refractivity contribution in [1.29, 1.82) is 0 Å². The first kappa shape index (κ1) is 43.6. The number of carbonyl (C=O) groups is 5. The second kappa shape index (κ2) is 17.7. The minimum absolute atomic E-state index is 0.0952. The third-order valence-electron chi connectivity index (χ3n) is 11.6. The molecule has 0 spiro atoms.